The molecule has 0 radical (unpaired) electrons. The molecule has 18 heavy (non-hydrogen) atoms. The maximum absolute atomic E-state index is 11.7. The molecule has 5 heteroatoms. The van der Waals surface area contributed by atoms with Gasteiger partial charge in [-0.05, 0) is 25.7 Å². The van der Waals surface area contributed by atoms with E-state index in [-0.39, 0.29) is 18.0 Å². The molecule has 1 aliphatic rings. The number of hydrogen-bond donors (Lipinski definition) is 3. The second-order valence-corrected chi connectivity index (χ2v) is 5.46. The topological polar surface area (TPSA) is 70.2 Å². The largest absolute Gasteiger partial charge is 0.354 e. The summed E-state index contributed by atoms with van der Waals surface area (Å²) in [6.45, 7) is 6.40. The van der Waals surface area contributed by atoms with Crippen molar-refractivity contribution in [2.75, 3.05) is 6.54 Å². The van der Waals surface area contributed by atoms with E-state index in [2.05, 4.69) is 16.0 Å². The quantitative estimate of drug-likeness (QED) is 0.695. The molecule has 1 unspecified atom stereocenters. The average Bonchev–Trinajstić information content (AvgIpc) is 2.78. The van der Waals surface area contributed by atoms with Crippen LogP contribution in [0.25, 0.3) is 0 Å². The molecule has 1 atom stereocenters. The number of carbonyl (C=O) groups is 2. The van der Waals surface area contributed by atoms with Crippen LogP contribution >= 0.6 is 0 Å². The second-order valence-electron chi connectivity index (χ2n) is 5.46. The Kier molecular flexibility index (Phi) is 5.95. The van der Waals surface area contributed by atoms with Gasteiger partial charge in [-0.25, -0.2) is 4.79 Å². The number of carbonyl (C=O) groups excluding carboxylic acids is 2. The molecule has 0 aliphatic heterocycles. The predicted molar refractivity (Wildman–Crippen MR) is 71.2 cm³/mol. The Morgan fingerprint density at radius 1 is 1.17 bits per heavy atom. The van der Waals surface area contributed by atoms with Crippen LogP contribution in [0, 0.1) is 5.92 Å². The Morgan fingerprint density at radius 3 is 2.33 bits per heavy atom. The highest BCUT2D eigenvalue weighted by Crippen LogP contribution is 2.17. The summed E-state index contributed by atoms with van der Waals surface area (Å²) in [7, 11) is 0. The van der Waals surface area contributed by atoms with Crippen LogP contribution in [-0.2, 0) is 4.79 Å². The molecule has 0 spiro atoms. The van der Waals surface area contributed by atoms with Crippen LogP contribution in [0.2, 0.25) is 0 Å². The molecule has 0 aromatic carbocycles. The Labute approximate surface area is 109 Å². The summed E-state index contributed by atoms with van der Waals surface area (Å²) in [5.74, 6) is 0.277. The first-order chi connectivity index (χ1) is 8.49. The van der Waals surface area contributed by atoms with Crippen molar-refractivity contribution in [1.82, 2.24) is 16.0 Å². The van der Waals surface area contributed by atoms with E-state index in [1.165, 1.54) is 12.8 Å². The van der Waals surface area contributed by atoms with E-state index in [0.29, 0.717) is 12.5 Å². The van der Waals surface area contributed by atoms with Crippen LogP contribution in [-0.4, -0.2) is 30.6 Å². The van der Waals surface area contributed by atoms with Crippen LogP contribution in [0.15, 0.2) is 0 Å². The van der Waals surface area contributed by atoms with Gasteiger partial charge in [-0.3, -0.25) is 4.79 Å². The molecule has 0 saturated heterocycles. The Hall–Kier alpha value is -1.26. The summed E-state index contributed by atoms with van der Waals surface area (Å²) in [6.07, 6.45) is 4.44. The van der Waals surface area contributed by atoms with Crippen LogP contribution in [0.5, 0.6) is 0 Å². The van der Waals surface area contributed by atoms with E-state index in [9.17, 15) is 9.59 Å². The fourth-order valence-electron chi connectivity index (χ4n) is 2.02. The molecule has 104 valence electrons. The summed E-state index contributed by atoms with van der Waals surface area (Å²) in [4.78, 5) is 23.3. The number of amides is 3. The van der Waals surface area contributed by atoms with Crippen LogP contribution < -0.4 is 16.0 Å². The summed E-state index contributed by atoms with van der Waals surface area (Å²) < 4.78 is 0. The van der Waals surface area contributed by atoms with Crippen molar-refractivity contribution in [3.8, 4) is 0 Å². The Morgan fingerprint density at radius 2 is 1.78 bits per heavy atom. The summed E-state index contributed by atoms with van der Waals surface area (Å²) in [5.41, 5.74) is 0. The van der Waals surface area contributed by atoms with Crippen molar-refractivity contribution < 1.29 is 9.59 Å². The first-order valence-electron chi connectivity index (χ1n) is 6.83. The number of rotatable bonds is 5. The maximum Gasteiger partial charge on any atom is 0.315 e. The SMILES string of the molecule is CC(C)CNC(=O)C(C)NC(=O)NC1CCCC1. The number of urea groups is 1. The molecule has 0 heterocycles. The molecule has 1 fully saturated rings. The Bertz CT molecular complexity index is 286. The lowest BCUT2D eigenvalue weighted by atomic mass is 10.2. The fraction of sp³-hybridized carbons (Fsp3) is 0.846. The van der Waals surface area contributed by atoms with Gasteiger partial charge in [-0.2, -0.15) is 0 Å². The fourth-order valence-corrected chi connectivity index (χ4v) is 2.02. The van der Waals surface area contributed by atoms with E-state index in [1.54, 1.807) is 6.92 Å². The van der Waals surface area contributed by atoms with Crippen LogP contribution in [0.4, 0.5) is 4.79 Å². The first-order valence-corrected chi connectivity index (χ1v) is 6.83. The van der Waals surface area contributed by atoms with Crippen molar-refractivity contribution in [3.05, 3.63) is 0 Å². The predicted octanol–water partition coefficient (Wildman–Crippen LogP) is 1.39. The highest BCUT2D eigenvalue weighted by molar-refractivity contribution is 5.86. The zero-order valence-electron chi connectivity index (χ0n) is 11.6. The van der Waals surface area contributed by atoms with E-state index in [1.807, 2.05) is 13.8 Å². The van der Waals surface area contributed by atoms with Crippen molar-refractivity contribution in [2.45, 2.75) is 58.5 Å². The van der Waals surface area contributed by atoms with E-state index in [4.69, 9.17) is 0 Å². The van der Waals surface area contributed by atoms with E-state index in [0.717, 1.165) is 12.8 Å². The van der Waals surface area contributed by atoms with Gasteiger partial charge in [0.2, 0.25) is 5.91 Å². The Balaban J connectivity index is 2.23. The van der Waals surface area contributed by atoms with Gasteiger partial charge in [0.15, 0.2) is 0 Å². The summed E-state index contributed by atoms with van der Waals surface area (Å²) >= 11 is 0. The van der Waals surface area contributed by atoms with Gasteiger partial charge in [0, 0.05) is 12.6 Å². The molecule has 1 saturated carbocycles. The molecule has 3 N–H and O–H groups in total. The van der Waals surface area contributed by atoms with E-state index < -0.39 is 6.04 Å². The lowest BCUT2D eigenvalue weighted by Gasteiger charge is -2.17. The van der Waals surface area contributed by atoms with Crippen molar-refractivity contribution in [2.24, 2.45) is 5.92 Å². The molecule has 0 aromatic heterocycles. The van der Waals surface area contributed by atoms with Crippen molar-refractivity contribution >= 4 is 11.9 Å². The lowest BCUT2D eigenvalue weighted by Crippen LogP contribution is -2.50. The van der Waals surface area contributed by atoms with Gasteiger partial charge in [0.05, 0.1) is 0 Å². The van der Waals surface area contributed by atoms with Crippen molar-refractivity contribution in [1.29, 1.82) is 0 Å². The molecule has 1 rings (SSSR count). The normalized spacial score (nSPS) is 17.6. The molecule has 0 bridgehead atoms. The third-order valence-corrected chi connectivity index (χ3v) is 3.12. The van der Waals surface area contributed by atoms with Gasteiger partial charge in [0.25, 0.3) is 0 Å². The highest BCUT2D eigenvalue weighted by Gasteiger charge is 2.20. The minimum Gasteiger partial charge on any atom is -0.354 e. The average molecular weight is 255 g/mol. The molecular formula is C13H25N3O2. The van der Waals surface area contributed by atoms with Gasteiger partial charge in [0.1, 0.15) is 6.04 Å². The minimum atomic E-state index is -0.495. The molecule has 1 aliphatic carbocycles. The number of hydrogen-bond acceptors (Lipinski definition) is 2. The first kappa shape index (κ1) is 14.8. The monoisotopic (exact) mass is 255 g/mol. The molecule has 0 aromatic rings. The molecule has 5 nitrogen and oxygen atoms in total. The summed E-state index contributed by atoms with van der Waals surface area (Å²) in [5, 5.41) is 8.37. The third-order valence-electron chi connectivity index (χ3n) is 3.12. The third kappa shape index (κ3) is 5.38. The second kappa shape index (κ2) is 7.24. The highest BCUT2D eigenvalue weighted by atomic mass is 16.2. The van der Waals surface area contributed by atoms with Gasteiger partial charge in [-0.15, -0.1) is 0 Å². The smallest absolute Gasteiger partial charge is 0.315 e. The minimum absolute atomic E-state index is 0.134. The lowest BCUT2D eigenvalue weighted by molar-refractivity contribution is -0.122. The van der Waals surface area contributed by atoms with Crippen molar-refractivity contribution in [3.63, 3.8) is 0 Å². The van der Waals surface area contributed by atoms with E-state index >= 15 is 0 Å². The zero-order chi connectivity index (χ0) is 13.5. The standard InChI is InChI=1S/C13H25N3O2/c1-9(2)8-14-12(17)10(3)15-13(18)16-11-6-4-5-7-11/h9-11H,4-8H2,1-3H3,(H,14,17)(H2,15,16,18). The molecular weight excluding hydrogens is 230 g/mol. The maximum atomic E-state index is 11.7. The van der Waals surface area contributed by atoms with Crippen LogP contribution in [0.3, 0.4) is 0 Å². The zero-order valence-corrected chi connectivity index (χ0v) is 11.6. The summed E-state index contributed by atoms with van der Waals surface area (Å²) in [6, 6.07) is -0.463. The van der Waals surface area contributed by atoms with Gasteiger partial charge >= 0.3 is 6.03 Å². The molecule has 3 amide bonds. The van der Waals surface area contributed by atoms with Gasteiger partial charge in [-0.1, -0.05) is 26.7 Å². The van der Waals surface area contributed by atoms with Crippen LogP contribution in [0.1, 0.15) is 46.5 Å². The van der Waals surface area contributed by atoms with Gasteiger partial charge < -0.3 is 16.0 Å². The number of nitrogens with one attached hydrogen (secondary N) is 3.